The molecule has 0 spiro atoms. The molecule has 0 bridgehead atoms. The summed E-state index contributed by atoms with van der Waals surface area (Å²) >= 11 is 0. The Morgan fingerprint density at radius 1 is 1.04 bits per heavy atom. The Morgan fingerprint density at radius 3 is 2.41 bits per heavy atom. The number of nitrogens with zero attached hydrogens (tertiary/aromatic N) is 2. The van der Waals surface area contributed by atoms with Gasteiger partial charge in [0.05, 0.1) is 11.0 Å². The van der Waals surface area contributed by atoms with Crippen molar-refractivity contribution < 1.29 is 9.72 Å². The molecule has 0 saturated carbocycles. The number of nitro groups is 1. The third-order valence-electron chi connectivity index (χ3n) is 5.24. The molecule has 0 aromatic heterocycles. The van der Waals surface area contributed by atoms with Gasteiger partial charge in [-0.15, -0.1) is 0 Å². The van der Waals surface area contributed by atoms with Crippen LogP contribution in [0, 0.1) is 10.1 Å². The number of para-hydroxylation sites is 1. The summed E-state index contributed by atoms with van der Waals surface area (Å²) in [5.74, 6) is 0.193. The SMILES string of the molecule is CC1=CC2=C(CCCC2=O)N(c2ccccc2)C1c1ccc([N+](=O)[O-])cc1. The van der Waals surface area contributed by atoms with E-state index in [1.54, 1.807) is 12.1 Å². The number of ketones is 1. The zero-order valence-corrected chi connectivity index (χ0v) is 15.1. The van der Waals surface area contributed by atoms with Gasteiger partial charge in [0.1, 0.15) is 0 Å². The number of Topliss-reactive ketones (excluding diaryl/α,β-unsaturated/α-hetero) is 1. The highest BCUT2D eigenvalue weighted by Crippen LogP contribution is 2.44. The van der Waals surface area contributed by atoms with Gasteiger partial charge in [0.2, 0.25) is 0 Å². The molecule has 0 N–H and O–H groups in total. The number of benzene rings is 2. The maximum Gasteiger partial charge on any atom is 0.269 e. The standard InChI is InChI=1S/C22H20N2O3/c1-15-14-19-20(8-5-9-21(19)25)23(17-6-3-2-4-7-17)22(15)16-10-12-18(13-11-16)24(26)27/h2-4,6-7,10-14,22H,5,8-9H2,1H3. The van der Waals surface area contributed by atoms with E-state index < -0.39 is 0 Å². The van der Waals surface area contributed by atoms with E-state index in [1.165, 1.54) is 0 Å². The Morgan fingerprint density at radius 2 is 1.74 bits per heavy atom. The molecule has 2 aliphatic rings. The number of carbonyl (C=O) groups is 1. The number of carbonyl (C=O) groups excluding carboxylic acids is 1. The van der Waals surface area contributed by atoms with Crippen LogP contribution in [-0.4, -0.2) is 10.7 Å². The topological polar surface area (TPSA) is 63.5 Å². The highest BCUT2D eigenvalue weighted by atomic mass is 16.6. The van der Waals surface area contributed by atoms with Crippen LogP contribution in [0.2, 0.25) is 0 Å². The van der Waals surface area contributed by atoms with Crippen molar-refractivity contribution in [2.45, 2.75) is 32.2 Å². The molecule has 0 fully saturated rings. The van der Waals surface area contributed by atoms with Crippen molar-refractivity contribution in [2.75, 3.05) is 4.90 Å². The fourth-order valence-electron chi connectivity index (χ4n) is 4.01. The van der Waals surface area contributed by atoms with Crippen LogP contribution in [0.4, 0.5) is 11.4 Å². The van der Waals surface area contributed by atoms with Gasteiger partial charge in [-0.05, 0) is 61.2 Å². The lowest BCUT2D eigenvalue weighted by Gasteiger charge is -2.41. The minimum absolute atomic E-state index is 0.0789. The summed E-state index contributed by atoms with van der Waals surface area (Å²) in [5.41, 5.74) is 4.99. The maximum atomic E-state index is 12.5. The predicted octanol–water partition coefficient (Wildman–Crippen LogP) is 5.11. The van der Waals surface area contributed by atoms with Crippen molar-refractivity contribution in [1.82, 2.24) is 0 Å². The van der Waals surface area contributed by atoms with Gasteiger partial charge in [0, 0.05) is 35.5 Å². The summed E-state index contributed by atoms with van der Waals surface area (Å²) in [6.45, 7) is 2.02. The zero-order chi connectivity index (χ0) is 19.0. The molecule has 0 amide bonds. The monoisotopic (exact) mass is 360 g/mol. The second-order valence-corrected chi connectivity index (χ2v) is 6.98. The van der Waals surface area contributed by atoms with Crippen molar-refractivity contribution in [3.63, 3.8) is 0 Å². The lowest BCUT2D eigenvalue weighted by molar-refractivity contribution is -0.384. The Kier molecular flexibility index (Phi) is 4.36. The van der Waals surface area contributed by atoms with Crippen LogP contribution >= 0.6 is 0 Å². The van der Waals surface area contributed by atoms with Crippen molar-refractivity contribution in [1.29, 1.82) is 0 Å². The Bertz CT molecular complexity index is 959. The largest absolute Gasteiger partial charge is 0.333 e. The first-order valence-corrected chi connectivity index (χ1v) is 9.09. The zero-order valence-electron chi connectivity index (χ0n) is 15.1. The molecule has 1 aliphatic heterocycles. The van der Waals surface area contributed by atoms with E-state index in [0.29, 0.717) is 6.42 Å². The summed E-state index contributed by atoms with van der Waals surface area (Å²) in [5, 5.41) is 11.0. The highest BCUT2D eigenvalue weighted by Gasteiger charge is 2.34. The highest BCUT2D eigenvalue weighted by molar-refractivity contribution is 6.01. The molecule has 2 aromatic carbocycles. The van der Waals surface area contributed by atoms with Gasteiger partial charge < -0.3 is 4.90 Å². The Hall–Kier alpha value is -3.21. The molecule has 1 atom stereocenters. The Labute approximate surface area is 157 Å². The van der Waals surface area contributed by atoms with E-state index in [1.807, 2.05) is 55.5 Å². The summed E-state index contributed by atoms with van der Waals surface area (Å²) in [6, 6.07) is 16.7. The number of non-ortho nitro benzene ring substituents is 1. The summed E-state index contributed by atoms with van der Waals surface area (Å²) in [4.78, 5) is 25.4. The van der Waals surface area contributed by atoms with E-state index in [2.05, 4.69) is 4.90 Å². The van der Waals surface area contributed by atoms with E-state index in [0.717, 1.165) is 40.9 Å². The molecule has 1 heterocycles. The summed E-state index contributed by atoms with van der Waals surface area (Å²) in [6.07, 6.45) is 4.29. The molecule has 0 radical (unpaired) electrons. The van der Waals surface area contributed by atoms with Crippen molar-refractivity contribution in [3.05, 3.63) is 93.2 Å². The van der Waals surface area contributed by atoms with Gasteiger partial charge in [-0.2, -0.15) is 0 Å². The fraction of sp³-hybridized carbons (Fsp3) is 0.227. The van der Waals surface area contributed by atoms with Gasteiger partial charge in [0.25, 0.3) is 5.69 Å². The second kappa shape index (κ2) is 6.83. The molecule has 2 aromatic rings. The average Bonchev–Trinajstić information content (AvgIpc) is 2.68. The van der Waals surface area contributed by atoms with Crippen LogP contribution in [0.1, 0.15) is 37.8 Å². The molecule has 136 valence electrons. The first-order chi connectivity index (χ1) is 13.1. The second-order valence-electron chi connectivity index (χ2n) is 6.98. The van der Waals surface area contributed by atoms with Crippen molar-refractivity contribution >= 4 is 17.2 Å². The molecule has 1 unspecified atom stereocenters. The number of allylic oxidation sites excluding steroid dienone is 3. The number of hydrogen-bond acceptors (Lipinski definition) is 4. The Balaban J connectivity index is 1.85. The first-order valence-electron chi connectivity index (χ1n) is 9.09. The van der Waals surface area contributed by atoms with Gasteiger partial charge in [-0.1, -0.05) is 18.2 Å². The van der Waals surface area contributed by atoms with Crippen LogP contribution in [0.3, 0.4) is 0 Å². The third-order valence-corrected chi connectivity index (χ3v) is 5.24. The molecule has 0 saturated heterocycles. The number of nitro benzene ring substituents is 1. The van der Waals surface area contributed by atoms with Crippen molar-refractivity contribution in [2.24, 2.45) is 0 Å². The third kappa shape index (κ3) is 3.05. The van der Waals surface area contributed by atoms with Gasteiger partial charge in [0.15, 0.2) is 5.78 Å². The maximum absolute atomic E-state index is 12.5. The van der Waals surface area contributed by atoms with E-state index in [4.69, 9.17) is 0 Å². The van der Waals surface area contributed by atoms with Crippen molar-refractivity contribution in [3.8, 4) is 0 Å². The minimum Gasteiger partial charge on any atom is -0.333 e. The van der Waals surface area contributed by atoms with Gasteiger partial charge in [-0.3, -0.25) is 14.9 Å². The first kappa shape index (κ1) is 17.2. The quantitative estimate of drug-likeness (QED) is 0.564. The van der Waals surface area contributed by atoms with E-state index in [9.17, 15) is 14.9 Å². The lowest BCUT2D eigenvalue weighted by atomic mass is 9.84. The summed E-state index contributed by atoms with van der Waals surface area (Å²) in [7, 11) is 0. The number of hydrogen-bond donors (Lipinski definition) is 0. The smallest absolute Gasteiger partial charge is 0.269 e. The van der Waals surface area contributed by atoms with E-state index >= 15 is 0 Å². The van der Waals surface area contributed by atoms with Crippen LogP contribution < -0.4 is 4.90 Å². The minimum atomic E-state index is -0.386. The van der Waals surface area contributed by atoms with Crippen LogP contribution in [0.5, 0.6) is 0 Å². The molecule has 4 rings (SSSR count). The predicted molar refractivity (Wildman–Crippen MR) is 104 cm³/mol. The molecule has 5 heteroatoms. The van der Waals surface area contributed by atoms with Crippen LogP contribution in [0.15, 0.2) is 77.5 Å². The van der Waals surface area contributed by atoms with Crippen LogP contribution in [0.25, 0.3) is 0 Å². The molecule has 5 nitrogen and oxygen atoms in total. The summed E-state index contributed by atoms with van der Waals surface area (Å²) < 4.78 is 0. The fourth-order valence-corrected chi connectivity index (χ4v) is 4.01. The molecular weight excluding hydrogens is 340 g/mol. The normalized spacial score (nSPS) is 19.6. The number of rotatable bonds is 3. The van der Waals surface area contributed by atoms with E-state index in [-0.39, 0.29) is 22.4 Å². The van der Waals surface area contributed by atoms with Gasteiger partial charge >= 0.3 is 0 Å². The molecular formula is C22H20N2O3. The molecule has 27 heavy (non-hydrogen) atoms. The number of anilines is 1. The van der Waals surface area contributed by atoms with Crippen LogP contribution in [-0.2, 0) is 4.79 Å². The lowest BCUT2D eigenvalue weighted by Crippen LogP contribution is -2.35. The molecule has 1 aliphatic carbocycles. The van der Waals surface area contributed by atoms with Gasteiger partial charge in [-0.25, -0.2) is 0 Å². The average molecular weight is 360 g/mol.